The van der Waals surface area contributed by atoms with Gasteiger partial charge >= 0.3 is 0 Å². The van der Waals surface area contributed by atoms with E-state index in [1.54, 1.807) is 24.3 Å². The molecule has 0 radical (unpaired) electrons. The van der Waals surface area contributed by atoms with Crippen LogP contribution in [-0.2, 0) is 0 Å². The molecule has 0 aliphatic carbocycles. The smallest absolute Gasteiger partial charge is 0.251 e. The van der Waals surface area contributed by atoms with E-state index in [9.17, 15) is 4.79 Å². The molecule has 1 amide bonds. The number of para-hydroxylation sites is 1. The average Bonchev–Trinajstić information content (AvgIpc) is 2.53. The molecule has 2 aromatic rings. The zero-order valence-corrected chi connectivity index (χ0v) is 12.0. The first-order valence-corrected chi connectivity index (χ1v) is 6.98. The standard InChI is InChI=1S/C17H19NO3/c1-2-18-17(19)14-8-10-16(11-9-14)21-13-12-20-15-6-4-3-5-7-15/h3-11H,2,12-13H2,1H3,(H,18,19). The Balaban J connectivity index is 1.75. The molecule has 0 aliphatic rings. The highest BCUT2D eigenvalue weighted by atomic mass is 16.5. The molecule has 0 spiro atoms. The van der Waals surface area contributed by atoms with Crippen LogP contribution in [0.2, 0.25) is 0 Å². The molecular formula is C17H19NO3. The highest BCUT2D eigenvalue weighted by molar-refractivity contribution is 5.94. The van der Waals surface area contributed by atoms with E-state index in [0.29, 0.717) is 25.3 Å². The molecular weight excluding hydrogens is 266 g/mol. The first-order chi connectivity index (χ1) is 10.3. The molecule has 0 fully saturated rings. The van der Waals surface area contributed by atoms with Gasteiger partial charge in [0.05, 0.1) is 0 Å². The van der Waals surface area contributed by atoms with Gasteiger partial charge in [0.15, 0.2) is 0 Å². The summed E-state index contributed by atoms with van der Waals surface area (Å²) in [5.74, 6) is 1.48. The molecule has 0 bridgehead atoms. The molecule has 2 rings (SSSR count). The predicted molar refractivity (Wildman–Crippen MR) is 81.9 cm³/mol. The summed E-state index contributed by atoms with van der Waals surface area (Å²) in [4.78, 5) is 11.6. The van der Waals surface area contributed by atoms with Crippen molar-refractivity contribution in [3.05, 3.63) is 60.2 Å². The second-order valence-corrected chi connectivity index (χ2v) is 4.39. The molecule has 1 N–H and O–H groups in total. The van der Waals surface area contributed by atoms with Crippen molar-refractivity contribution in [2.24, 2.45) is 0 Å². The van der Waals surface area contributed by atoms with E-state index in [0.717, 1.165) is 11.5 Å². The topological polar surface area (TPSA) is 47.6 Å². The van der Waals surface area contributed by atoms with Gasteiger partial charge in [-0.1, -0.05) is 18.2 Å². The normalized spacial score (nSPS) is 9.95. The number of carbonyl (C=O) groups is 1. The molecule has 0 aromatic heterocycles. The molecule has 0 aliphatic heterocycles. The fourth-order valence-corrected chi connectivity index (χ4v) is 1.80. The Bertz CT molecular complexity index is 552. The van der Waals surface area contributed by atoms with Crippen molar-refractivity contribution < 1.29 is 14.3 Å². The van der Waals surface area contributed by atoms with E-state index in [2.05, 4.69) is 5.32 Å². The van der Waals surface area contributed by atoms with Crippen LogP contribution in [0.4, 0.5) is 0 Å². The van der Waals surface area contributed by atoms with E-state index < -0.39 is 0 Å². The van der Waals surface area contributed by atoms with Crippen molar-refractivity contribution in [1.82, 2.24) is 5.32 Å². The maximum absolute atomic E-state index is 11.6. The van der Waals surface area contributed by atoms with Crippen LogP contribution in [0.3, 0.4) is 0 Å². The average molecular weight is 285 g/mol. The van der Waals surface area contributed by atoms with Gasteiger partial charge in [-0.15, -0.1) is 0 Å². The Morgan fingerprint density at radius 3 is 2.05 bits per heavy atom. The second kappa shape index (κ2) is 7.94. The molecule has 0 saturated carbocycles. The Labute approximate surface area is 124 Å². The minimum absolute atomic E-state index is 0.0727. The van der Waals surface area contributed by atoms with E-state index in [1.807, 2.05) is 37.3 Å². The van der Waals surface area contributed by atoms with Crippen molar-refractivity contribution >= 4 is 5.91 Å². The van der Waals surface area contributed by atoms with Gasteiger partial charge in [-0.05, 0) is 43.3 Å². The van der Waals surface area contributed by atoms with Gasteiger partial charge in [0.1, 0.15) is 24.7 Å². The molecule has 110 valence electrons. The largest absolute Gasteiger partial charge is 0.490 e. The van der Waals surface area contributed by atoms with Crippen molar-refractivity contribution in [2.45, 2.75) is 6.92 Å². The Morgan fingerprint density at radius 1 is 0.905 bits per heavy atom. The Morgan fingerprint density at radius 2 is 1.48 bits per heavy atom. The number of benzene rings is 2. The van der Waals surface area contributed by atoms with Crippen molar-refractivity contribution in [3.8, 4) is 11.5 Å². The fourth-order valence-electron chi connectivity index (χ4n) is 1.80. The lowest BCUT2D eigenvalue weighted by molar-refractivity contribution is 0.0956. The molecule has 21 heavy (non-hydrogen) atoms. The van der Waals surface area contributed by atoms with E-state index >= 15 is 0 Å². The van der Waals surface area contributed by atoms with Gasteiger partial charge in [0.25, 0.3) is 5.91 Å². The summed E-state index contributed by atoms with van der Waals surface area (Å²) in [6.45, 7) is 3.44. The van der Waals surface area contributed by atoms with Crippen LogP contribution >= 0.6 is 0 Å². The number of carbonyl (C=O) groups excluding carboxylic acids is 1. The molecule has 4 nitrogen and oxygen atoms in total. The van der Waals surface area contributed by atoms with Gasteiger partial charge in [-0.25, -0.2) is 0 Å². The quantitative estimate of drug-likeness (QED) is 0.796. The lowest BCUT2D eigenvalue weighted by Crippen LogP contribution is -2.22. The molecule has 0 atom stereocenters. The number of nitrogens with one attached hydrogen (secondary N) is 1. The van der Waals surface area contributed by atoms with E-state index in [1.165, 1.54) is 0 Å². The molecule has 4 heteroatoms. The minimum atomic E-state index is -0.0727. The maximum Gasteiger partial charge on any atom is 0.251 e. The fraction of sp³-hybridized carbons (Fsp3) is 0.235. The zero-order chi connectivity index (χ0) is 14.9. The highest BCUT2D eigenvalue weighted by Crippen LogP contribution is 2.12. The minimum Gasteiger partial charge on any atom is -0.490 e. The number of rotatable bonds is 7. The second-order valence-electron chi connectivity index (χ2n) is 4.39. The third kappa shape index (κ3) is 4.84. The van der Waals surface area contributed by atoms with Crippen LogP contribution < -0.4 is 14.8 Å². The third-order valence-electron chi connectivity index (χ3n) is 2.82. The van der Waals surface area contributed by atoms with Gasteiger partial charge in [0.2, 0.25) is 0 Å². The Hall–Kier alpha value is -2.49. The number of ether oxygens (including phenoxy) is 2. The lowest BCUT2D eigenvalue weighted by Gasteiger charge is -2.09. The first kappa shape index (κ1) is 14.9. The van der Waals surface area contributed by atoms with Crippen molar-refractivity contribution in [3.63, 3.8) is 0 Å². The summed E-state index contributed by atoms with van der Waals surface area (Å²) >= 11 is 0. The summed E-state index contributed by atoms with van der Waals surface area (Å²) in [5.41, 5.74) is 0.629. The van der Waals surface area contributed by atoms with E-state index in [-0.39, 0.29) is 5.91 Å². The van der Waals surface area contributed by atoms with Crippen LogP contribution in [0.25, 0.3) is 0 Å². The Kier molecular flexibility index (Phi) is 5.64. The van der Waals surface area contributed by atoms with Gasteiger partial charge in [-0.2, -0.15) is 0 Å². The van der Waals surface area contributed by atoms with Crippen LogP contribution in [0, 0.1) is 0 Å². The summed E-state index contributed by atoms with van der Waals surface area (Å²) in [6, 6.07) is 16.7. The third-order valence-corrected chi connectivity index (χ3v) is 2.82. The maximum atomic E-state index is 11.6. The molecule has 2 aromatic carbocycles. The zero-order valence-electron chi connectivity index (χ0n) is 12.0. The summed E-state index contributed by atoms with van der Waals surface area (Å²) < 4.78 is 11.1. The monoisotopic (exact) mass is 285 g/mol. The van der Waals surface area contributed by atoms with Crippen LogP contribution in [-0.4, -0.2) is 25.7 Å². The lowest BCUT2D eigenvalue weighted by atomic mass is 10.2. The summed E-state index contributed by atoms with van der Waals surface area (Å²) in [5, 5.41) is 2.75. The first-order valence-electron chi connectivity index (χ1n) is 6.98. The van der Waals surface area contributed by atoms with E-state index in [4.69, 9.17) is 9.47 Å². The number of hydrogen-bond acceptors (Lipinski definition) is 3. The van der Waals surface area contributed by atoms with Gasteiger partial charge in [0, 0.05) is 12.1 Å². The SMILES string of the molecule is CCNC(=O)c1ccc(OCCOc2ccccc2)cc1. The number of amides is 1. The molecule has 0 saturated heterocycles. The van der Waals surface area contributed by atoms with Crippen LogP contribution in [0.15, 0.2) is 54.6 Å². The summed E-state index contributed by atoms with van der Waals surface area (Å²) in [7, 11) is 0. The highest BCUT2D eigenvalue weighted by Gasteiger charge is 2.03. The van der Waals surface area contributed by atoms with Gasteiger partial charge in [-0.3, -0.25) is 4.79 Å². The number of hydrogen-bond donors (Lipinski definition) is 1. The van der Waals surface area contributed by atoms with Crippen molar-refractivity contribution in [2.75, 3.05) is 19.8 Å². The predicted octanol–water partition coefficient (Wildman–Crippen LogP) is 2.89. The molecule has 0 heterocycles. The van der Waals surface area contributed by atoms with Crippen LogP contribution in [0.1, 0.15) is 17.3 Å². The van der Waals surface area contributed by atoms with Crippen molar-refractivity contribution in [1.29, 1.82) is 0 Å². The summed E-state index contributed by atoms with van der Waals surface area (Å²) in [6.07, 6.45) is 0. The van der Waals surface area contributed by atoms with Crippen LogP contribution in [0.5, 0.6) is 11.5 Å². The molecule has 0 unspecified atom stereocenters. The van der Waals surface area contributed by atoms with Gasteiger partial charge < -0.3 is 14.8 Å².